The Kier molecular flexibility index (Phi) is 8.85. The lowest BCUT2D eigenvalue weighted by Gasteiger charge is -2.27. The molecule has 6 heteroatoms. The molecule has 4 aromatic rings. The van der Waals surface area contributed by atoms with E-state index in [-0.39, 0.29) is 36.8 Å². The molecule has 1 aliphatic carbocycles. The average molecular weight is 569 g/mol. The van der Waals surface area contributed by atoms with Crippen molar-refractivity contribution in [2.24, 2.45) is 5.41 Å². The average Bonchev–Trinajstić information content (AvgIpc) is 3.23. The van der Waals surface area contributed by atoms with Gasteiger partial charge in [-0.3, -0.25) is 4.79 Å². The van der Waals surface area contributed by atoms with Crippen LogP contribution in [-0.4, -0.2) is 29.7 Å². The number of aliphatic hydroxyl groups is 1. The second kappa shape index (κ2) is 12.6. The fraction of sp³-hybridized carbons (Fsp3) is 0.306. The number of fused-ring (bicyclic) bond motifs is 3. The zero-order valence-electron chi connectivity index (χ0n) is 24.3. The van der Waals surface area contributed by atoms with Gasteiger partial charge in [-0.2, -0.15) is 0 Å². The maximum atomic E-state index is 14.0. The highest BCUT2D eigenvalue weighted by Crippen LogP contribution is 2.44. The van der Waals surface area contributed by atoms with Crippen LogP contribution in [0.1, 0.15) is 54.6 Å². The Morgan fingerprint density at radius 2 is 1.48 bits per heavy atom. The van der Waals surface area contributed by atoms with Crippen LogP contribution < -0.4 is 10.6 Å². The van der Waals surface area contributed by atoms with Gasteiger partial charge in [0, 0.05) is 12.6 Å². The molecule has 4 aromatic carbocycles. The second-order valence-electron chi connectivity index (χ2n) is 12.5. The highest BCUT2D eigenvalue weighted by molar-refractivity contribution is 5.79. The van der Waals surface area contributed by atoms with Crippen molar-refractivity contribution in [2.75, 3.05) is 6.54 Å². The van der Waals surface area contributed by atoms with Crippen LogP contribution in [0.15, 0.2) is 91.0 Å². The van der Waals surface area contributed by atoms with Gasteiger partial charge >= 0.3 is 0 Å². The number of amides is 1. The number of rotatable bonds is 10. The summed E-state index contributed by atoms with van der Waals surface area (Å²) < 4.78 is 28.0. The Bertz CT molecular complexity index is 1530. The molecule has 0 spiro atoms. The number of aliphatic hydroxyl groups excluding tert-OH is 1. The molecule has 218 valence electrons. The molecule has 0 radical (unpaired) electrons. The van der Waals surface area contributed by atoms with Gasteiger partial charge < -0.3 is 15.7 Å². The van der Waals surface area contributed by atoms with Crippen LogP contribution in [0, 0.1) is 17.0 Å². The Labute approximate surface area is 246 Å². The lowest BCUT2D eigenvalue weighted by Crippen LogP contribution is -2.49. The van der Waals surface area contributed by atoms with Crippen molar-refractivity contribution in [1.29, 1.82) is 0 Å². The van der Waals surface area contributed by atoms with Gasteiger partial charge in [0.2, 0.25) is 5.91 Å². The van der Waals surface area contributed by atoms with Crippen molar-refractivity contribution in [3.05, 3.63) is 130 Å². The maximum Gasteiger partial charge on any atom is 0.224 e. The van der Waals surface area contributed by atoms with Crippen LogP contribution >= 0.6 is 0 Å². The first-order valence-corrected chi connectivity index (χ1v) is 14.5. The number of nitrogens with one attached hydrogen (secondary N) is 2. The van der Waals surface area contributed by atoms with Gasteiger partial charge in [-0.05, 0) is 69.3 Å². The molecule has 1 amide bonds. The summed E-state index contributed by atoms with van der Waals surface area (Å²) in [7, 11) is 0. The summed E-state index contributed by atoms with van der Waals surface area (Å²) in [6.45, 7) is 6.82. The predicted octanol–water partition coefficient (Wildman–Crippen LogP) is 6.54. The van der Waals surface area contributed by atoms with E-state index in [4.69, 9.17) is 0 Å². The first-order valence-electron chi connectivity index (χ1n) is 14.5. The van der Waals surface area contributed by atoms with Gasteiger partial charge in [-0.25, -0.2) is 8.78 Å². The smallest absolute Gasteiger partial charge is 0.224 e. The molecule has 3 atom stereocenters. The molecule has 1 aliphatic rings. The van der Waals surface area contributed by atoms with E-state index < -0.39 is 23.8 Å². The summed E-state index contributed by atoms with van der Waals surface area (Å²) in [5, 5.41) is 17.9. The topological polar surface area (TPSA) is 61.4 Å². The van der Waals surface area contributed by atoms with Crippen LogP contribution in [0.2, 0.25) is 0 Å². The van der Waals surface area contributed by atoms with Gasteiger partial charge in [0.1, 0.15) is 11.6 Å². The minimum atomic E-state index is -1.02. The first kappa shape index (κ1) is 29.6. The molecule has 0 saturated heterocycles. The van der Waals surface area contributed by atoms with Crippen LogP contribution in [-0.2, 0) is 24.1 Å². The lowest BCUT2D eigenvalue weighted by atomic mass is 9.87. The van der Waals surface area contributed by atoms with Crippen molar-refractivity contribution in [1.82, 2.24) is 10.6 Å². The van der Waals surface area contributed by atoms with Gasteiger partial charge in [0.05, 0.1) is 24.6 Å². The Hall–Kier alpha value is -3.87. The fourth-order valence-corrected chi connectivity index (χ4v) is 5.89. The quantitative estimate of drug-likeness (QED) is 0.204. The third kappa shape index (κ3) is 7.30. The molecule has 0 saturated carbocycles. The monoisotopic (exact) mass is 568 g/mol. The molecule has 5 rings (SSSR count). The van der Waals surface area contributed by atoms with E-state index >= 15 is 0 Å². The molecule has 3 N–H and O–H groups in total. The SMILES string of the molecule is CC(C)(C)Cc1ccc2c(c1)C(NC[C@@H](O)[C@H](Cc1cc(F)cc(F)c1)NC(=O)Cc1ccccc1)c1ccccc1-2. The molecular weight excluding hydrogens is 530 g/mol. The first-order chi connectivity index (χ1) is 20.1. The predicted molar refractivity (Wildman–Crippen MR) is 163 cm³/mol. The number of hydrogen-bond acceptors (Lipinski definition) is 3. The fourth-order valence-electron chi connectivity index (χ4n) is 5.89. The number of carbonyl (C=O) groups excluding carboxylic acids is 1. The summed E-state index contributed by atoms with van der Waals surface area (Å²) in [4.78, 5) is 13.0. The molecule has 0 fully saturated rings. The van der Waals surface area contributed by atoms with Gasteiger partial charge in [-0.1, -0.05) is 93.6 Å². The van der Waals surface area contributed by atoms with E-state index in [1.807, 2.05) is 42.5 Å². The normalized spacial score (nSPS) is 15.5. The summed E-state index contributed by atoms with van der Waals surface area (Å²) in [5.41, 5.74) is 7.19. The summed E-state index contributed by atoms with van der Waals surface area (Å²) >= 11 is 0. The Morgan fingerprint density at radius 1 is 0.810 bits per heavy atom. The van der Waals surface area contributed by atoms with Gasteiger partial charge in [0.15, 0.2) is 0 Å². The minimum absolute atomic E-state index is 0.0750. The van der Waals surface area contributed by atoms with Crippen molar-refractivity contribution >= 4 is 5.91 Å². The second-order valence-corrected chi connectivity index (χ2v) is 12.5. The third-order valence-corrected chi connectivity index (χ3v) is 7.65. The van der Waals surface area contributed by atoms with Gasteiger partial charge in [-0.15, -0.1) is 0 Å². The van der Waals surface area contributed by atoms with Crippen LogP contribution in [0.3, 0.4) is 0 Å². The summed E-state index contributed by atoms with van der Waals surface area (Å²) in [6, 6.07) is 26.6. The largest absolute Gasteiger partial charge is 0.390 e. The van der Waals surface area contributed by atoms with Crippen LogP contribution in [0.5, 0.6) is 0 Å². The number of hydrogen-bond donors (Lipinski definition) is 3. The highest BCUT2D eigenvalue weighted by Gasteiger charge is 2.31. The van der Waals surface area contributed by atoms with E-state index in [9.17, 15) is 18.7 Å². The summed E-state index contributed by atoms with van der Waals surface area (Å²) in [6.07, 6.45) is 0.122. The van der Waals surface area contributed by atoms with E-state index in [0.717, 1.165) is 40.3 Å². The van der Waals surface area contributed by atoms with Crippen molar-refractivity contribution < 1.29 is 18.7 Å². The van der Waals surface area contributed by atoms with Crippen molar-refractivity contribution in [2.45, 2.75) is 58.2 Å². The van der Waals surface area contributed by atoms with Crippen LogP contribution in [0.25, 0.3) is 11.1 Å². The van der Waals surface area contributed by atoms with E-state index in [0.29, 0.717) is 5.56 Å². The van der Waals surface area contributed by atoms with Crippen LogP contribution in [0.4, 0.5) is 8.78 Å². The Morgan fingerprint density at radius 3 is 2.19 bits per heavy atom. The molecule has 1 unspecified atom stereocenters. The highest BCUT2D eigenvalue weighted by atomic mass is 19.1. The molecule has 42 heavy (non-hydrogen) atoms. The van der Waals surface area contributed by atoms with E-state index in [2.05, 4.69) is 61.7 Å². The molecule has 0 aliphatic heterocycles. The Balaban J connectivity index is 1.37. The molecule has 4 nitrogen and oxygen atoms in total. The zero-order chi connectivity index (χ0) is 29.9. The van der Waals surface area contributed by atoms with Crippen molar-refractivity contribution in [3.8, 4) is 11.1 Å². The lowest BCUT2D eigenvalue weighted by molar-refractivity contribution is -0.122. The number of halogens is 2. The molecule has 0 bridgehead atoms. The standard InChI is InChI=1S/C36H38F2N2O2/c1-36(2,3)21-24-13-14-29-28-11-7-8-12-30(28)35(31(29)17-24)39-22-33(41)32(18-25-15-26(37)20-27(38)16-25)40-34(42)19-23-9-5-4-6-10-23/h4-17,20,32-33,35,39,41H,18-19,21-22H2,1-3H3,(H,40,42)/t32-,33+,35?/m0/s1. The zero-order valence-corrected chi connectivity index (χ0v) is 24.3. The van der Waals surface area contributed by atoms with E-state index in [1.54, 1.807) is 0 Å². The molecule has 0 aromatic heterocycles. The molecular formula is C36H38F2N2O2. The minimum Gasteiger partial charge on any atom is -0.390 e. The molecule has 0 heterocycles. The number of benzene rings is 4. The van der Waals surface area contributed by atoms with E-state index in [1.165, 1.54) is 17.7 Å². The maximum absolute atomic E-state index is 14.0. The van der Waals surface area contributed by atoms with Gasteiger partial charge in [0.25, 0.3) is 0 Å². The third-order valence-electron chi connectivity index (χ3n) is 7.65. The number of carbonyl (C=O) groups is 1. The van der Waals surface area contributed by atoms with Crippen molar-refractivity contribution in [3.63, 3.8) is 0 Å². The summed E-state index contributed by atoms with van der Waals surface area (Å²) in [5.74, 6) is -1.67.